The molecule has 0 radical (unpaired) electrons. The molecule has 25 heavy (non-hydrogen) atoms. The van der Waals surface area contributed by atoms with Crippen molar-refractivity contribution >= 4 is 17.6 Å². The number of urea groups is 1. The number of halogens is 1. The number of hydrogen-bond acceptors (Lipinski definition) is 3. The summed E-state index contributed by atoms with van der Waals surface area (Å²) in [6.07, 6.45) is 2.23. The largest absolute Gasteiger partial charge is 0.337 e. The highest BCUT2D eigenvalue weighted by atomic mass is 35.5. The third kappa shape index (κ3) is 5.09. The topological polar surface area (TPSA) is 47.6 Å². The maximum atomic E-state index is 12.2. The van der Waals surface area contributed by atoms with Crippen LogP contribution in [0.5, 0.6) is 0 Å². The van der Waals surface area contributed by atoms with Crippen molar-refractivity contribution in [1.29, 1.82) is 0 Å². The summed E-state index contributed by atoms with van der Waals surface area (Å²) in [6.45, 7) is 8.01. The van der Waals surface area contributed by atoms with Gasteiger partial charge < -0.3 is 15.5 Å². The van der Waals surface area contributed by atoms with Crippen LogP contribution in [-0.4, -0.2) is 68.2 Å². The Labute approximate surface area is 155 Å². The quantitative estimate of drug-likeness (QED) is 0.814. The minimum Gasteiger partial charge on any atom is -0.337 e. The van der Waals surface area contributed by atoms with Gasteiger partial charge in [0, 0.05) is 55.7 Å². The number of likely N-dealkylation sites (N-methyl/N-ethyl adjacent to an activating group) is 1. The lowest BCUT2D eigenvalue weighted by molar-refractivity contribution is 0.144. The highest BCUT2D eigenvalue weighted by molar-refractivity contribution is 6.30. The Kier molecular flexibility index (Phi) is 5.87. The van der Waals surface area contributed by atoms with Crippen LogP contribution in [0.3, 0.4) is 0 Å². The summed E-state index contributed by atoms with van der Waals surface area (Å²) in [5, 5.41) is 6.89. The smallest absolute Gasteiger partial charge is 0.315 e. The number of carbonyl (C=O) groups is 1. The number of benzene rings is 1. The third-order valence-electron chi connectivity index (χ3n) is 5.40. The fraction of sp³-hybridized carbons (Fsp3) is 0.632. The van der Waals surface area contributed by atoms with Gasteiger partial charge in [-0.25, -0.2) is 4.79 Å². The van der Waals surface area contributed by atoms with Crippen LogP contribution in [0.4, 0.5) is 4.79 Å². The van der Waals surface area contributed by atoms with Gasteiger partial charge in [0.25, 0.3) is 0 Å². The van der Waals surface area contributed by atoms with Crippen molar-refractivity contribution in [2.75, 3.05) is 46.3 Å². The normalized spacial score (nSPS) is 21.6. The molecule has 6 heteroatoms. The van der Waals surface area contributed by atoms with Gasteiger partial charge in [-0.15, -0.1) is 0 Å². The summed E-state index contributed by atoms with van der Waals surface area (Å²) in [5.74, 6) is 0. The number of amides is 2. The van der Waals surface area contributed by atoms with Crippen molar-refractivity contribution < 1.29 is 4.79 Å². The monoisotopic (exact) mass is 364 g/mol. The first-order valence-corrected chi connectivity index (χ1v) is 9.56. The minimum absolute atomic E-state index is 0.0677. The highest BCUT2D eigenvalue weighted by Crippen LogP contribution is 2.47. The van der Waals surface area contributed by atoms with Gasteiger partial charge >= 0.3 is 6.03 Å². The van der Waals surface area contributed by atoms with Gasteiger partial charge in [0.05, 0.1) is 0 Å². The van der Waals surface area contributed by atoms with Crippen molar-refractivity contribution in [1.82, 2.24) is 20.4 Å². The van der Waals surface area contributed by atoms with Crippen LogP contribution in [0, 0.1) is 0 Å². The molecule has 2 aliphatic rings. The molecule has 1 aromatic carbocycles. The van der Waals surface area contributed by atoms with Gasteiger partial charge in [-0.1, -0.05) is 23.7 Å². The Balaban J connectivity index is 1.41. The zero-order chi connectivity index (χ0) is 17.9. The average molecular weight is 365 g/mol. The van der Waals surface area contributed by atoms with Crippen LogP contribution < -0.4 is 10.6 Å². The zero-order valence-electron chi connectivity index (χ0n) is 15.2. The van der Waals surface area contributed by atoms with E-state index in [1.54, 1.807) is 0 Å². The van der Waals surface area contributed by atoms with Gasteiger partial charge in [0.1, 0.15) is 0 Å². The molecule has 3 rings (SSSR count). The van der Waals surface area contributed by atoms with Crippen LogP contribution in [0.2, 0.25) is 5.02 Å². The summed E-state index contributed by atoms with van der Waals surface area (Å²) >= 11 is 5.97. The molecule has 2 fully saturated rings. The van der Waals surface area contributed by atoms with Gasteiger partial charge in [-0.05, 0) is 44.5 Å². The number of nitrogens with one attached hydrogen (secondary N) is 2. The lowest BCUT2D eigenvalue weighted by Gasteiger charge is -2.34. The predicted molar refractivity (Wildman–Crippen MR) is 102 cm³/mol. The minimum atomic E-state index is -0.0677. The second-order valence-corrected chi connectivity index (χ2v) is 8.06. The molecule has 0 bridgehead atoms. The van der Waals surface area contributed by atoms with E-state index in [4.69, 9.17) is 11.6 Å². The van der Waals surface area contributed by atoms with Crippen LogP contribution >= 0.6 is 11.6 Å². The maximum absolute atomic E-state index is 12.2. The highest BCUT2D eigenvalue weighted by Gasteiger charge is 2.44. The lowest BCUT2D eigenvalue weighted by Crippen LogP contribution is -2.51. The van der Waals surface area contributed by atoms with Crippen LogP contribution in [-0.2, 0) is 5.41 Å². The molecule has 5 nitrogen and oxygen atoms in total. The van der Waals surface area contributed by atoms with Gasteiger partial charge in [-0.2, -0.15) is 0 Å². The first-order valence-electron chi connectivity index (χ1n) is 9.18. The number of hydrogen-bond donors (Lipinski definition) is 2. The average Bonchev–Trinajstić information content (AvgIpc) is 3.37. The molecule has 1 aliphatic heterocycles. The summed E-state index contributed by atoms with van der Waals surface area (Å²) < 4.78 is 0. The van der Waals surface area contributed by atoms with E-state index in [0.717, 1.165) is 50.6 Å². The van der Waals surface area contributed by atoms with E-state index in [-0.39, 0.29) is 17.5 Å². The summed E-state index contributed by atoms with van der Waals surface area (Å²) in [6, 6.07) is 8.08. The molecule has 0 spiro atoms. The first-order chi connectivity index (χ1) is 12.0. The van der Waals surface area contributed by atoms with Crippen molar-refractivity contribution in [3.8, 4) is 0 Å². The van der Waals surface area contributed by atoms with Crippen molar-refractivity contribution in [3.63, 3.8) is 0 Å². The van der Waals surface area contributed by atoms with E-state index in [9.17, 15) is 4.79 Å². The number of carbonyl (C=O) groups excluding carboxylic acids is 1. The van der Waals surface area contributed by atoms with Crippen LogP contribution in [0.25, 0.3) is 0 Å². The fourth-order valence-electron chi connectivity index (χ4n) is 3.51. The van der Waals surface area contributed by atoms with E-state index in [0.29, 0.717) is 6.54 Å². The second-order valence-electron chi connectivity index (χ2n) is 7.62. The summed E-state index contributed by atoms with van der Waals surface area (Å²) in [5.41, 5.74) is 1.37. The lowest BCUT2D eigenvalue weighted by atomic mass is 9.96. The molecular formula is C19H29ClN4O. The molecule has 1 heterocycles. The molecule has 1 saturated carbocycles. The van der Waals surface area contributed by atoms with Crippen LogP contribution in [0.1, 0.15) is 25.3 Å². The Hall–Kier alpha value is -1.30. The Morgan fingerprint density at radius 3 is 2.44 bits per heavy atom. The van der Waals surface area contributed by atoms with E-state index in [1.807, 2.05) is 12.1 Å². The van der Waals surface area contributed by atoms with Crippen molar-refractivity contribution in [2.45, 2.75) is 31.2 Å². The third-order valence-corrected chi connectivity index (χ3v) is 5.65. The molecule has 2 amide bonds. The molecule has 138 valence electrons. The Morgan fingerprint density at radius 2 is 1.84 bits per heavy atom. The van der Waals surface area contributed by atoms with E-state index < -0.39 is 0 Å². The van der Waals surface area contributed by atoms with Gasteiger partial charge in [0.15, 0.2) is 0 Å². The van der Waals surface area contributed by atoms with E-state index in [2.05, 4.69) is 46.5 Å². The molecule has 1 aliphatic carbocycles. The maximum Gasteiger partial charge on any atom is 0.315 e. The standard InChI is InChI=1S/C19H29ClN4O/c1-15(13-24-11-9-23(2)10-12-24)22-18(25)21-14-19(7-8-19)16-3-5-17(20)6-4-16/h3-6,15H,7-14H2,1-2H3,(H2,21,22,25). The number of piperazine rings is 1. The summed E-state index contributed by atoms with van der Waals surface area (Å²) in [7, 11) is 2.15. The molecule has 2 N–H and O–H groups in total. The van der Waals surface area contributed by atoms with Gasteiger partial charge in [0.2, 0.25) is 0 Å². The SMILES string of the molecule is CC(CN1CCN(C)CC1)NC(=O)NCC1(c2ccc(Cl)cc2)CC1. The van der Waals surface area contributed by atoms with Crippen molar-refractivity contribution in [2.24, 2.45) is 0 Å². The molecule has 0 aromatic heterocycles. The Bertz CT molecular complexity index is 580. The molecule has 1 atom stereocenters. The first kappa shape index (κ1) is 18.5. The van der Waals surface area contributed by atoms with E-state index >= 15 is 0 Å². The number of nitrogens with zero attached hydrogens (tertiary/aromatic N) is 2. The van der Waals surface area contributed by atoms with Crippen LogP contribution in [0.15, 0.2) is 24.3 Å². The molecule has 1 aromatic rings. The van der Waals surface area contributed by atoms with Crippen molar-refractivity contribution in [3.05, 3.63) is 34.9 Å². The predicted octanol–water partition coefficient (Wildman–Crippen LogP) is 2.31. The second kappa shape index (κ2) is 7.94. The molecule has 1 saturated heterocycles. The van der Waals surface area contributed by atoms with E-state index in [1.165, 1.54) is 5.56 Å². The zero-order valence-corrected chi connectivity index (χ0v) is 16.0. The fourth-order valence-corrected chi connectivity index (χ4v) is 3.64. The number of rotatable bonds is 6. The molecule has 1 unspecified atom stereocenters. The van der Waals surface area contributed by atoms with Gasteiger partial charge in [-0.3, -0.25) is 4.90 Å². The Morgan fingerprint density at radius 1 is 1.20 bits per heavy atom. The molecular weight excluding hydrogens is 336 g/mol. The summed E-state index contributed by atoms with van der Waals surface area (Å²) in [4.78, 5) is 17.0.